The lowest BCUT2D eigenvalue weighted by Crippen LogP contribution is -2.17. The number of ether oxygens (including phenoxy) is 1. The van der Waals surface area contributed by atoms with E-state index >= 15 is 0 Å². The van der Waals surface area contributed by atoms with Gasteiger partial charge >= 0.3 is 5.97 Å². The number of thiazole rings is 1. The first-order chi connectivity index (χ1) is 13.5. The van der Waals surface area contributed by atoms with Crippen molar-refractivity contribution in [2.24, 2.45) is 0 Å². The van der Waals surface area contributed by atoms with E-state index in [1.54, 1.807) is 31.4 Å². The molecule has 1 aromatic heterocycles. The van der Waals surface area contributed by atoms with Crippen molar-refractivity contribution in [3.63, 3.8) is 0 Å². The van der Waals surface area contributed by atoms with Crippen LogP contribution in [0.3, 0.4) is 0 Å². The molecule has 0 bridgehead atoms. The summed E-state index contributed by atoms with van der Waals surface area (Å²) in [5, 5.41) is 14.4. The van der Waals surface area contributed by atoms with Crippen LogP contribution in [0.4, 0.5) is 5.13 Å². The Bertz CT molecular complexity index is 939. The predicted molar refractivity (Wildman–Crippen MR) is 109 cm³/mol. The van der Waals surface area contributed by atoms with Crippen molar-refractivity contribution in [1.82, 2.24) is 4.98 Å². The summed E-state index contributed by atoms with van der Waals surface area (Å²) in [6.07, 6.45) is -0.0776. The van der Waals surface area contributed by atoms with E-state index in [1.807, 2.05) is 35.7 Å². The number of aromatic nitrogens is 1. The van der Waals surface area contributed by atoms with E-state index in [1.165, 1.54) is 11.3 Å². The van der Waals surface area contributed by atoms with Crippen LogP contribution in [0.5, 0.6) is 5.75 Å². The van der Waals surface area contributed by atoms with Crippen molar-refractivity contribution in [2.75, 3.05) is 12.4 Å². The first-order valence-corrected chi connectivity index (χ1v) is 9.59. The van der Waals surface area contributed by atoms with Gasteiger partial charge < -0.3 is 15.2 Å². The number of rotatable bonds is 8. The van der Waals surface area contributed by atoms with Crippen LogP contribution in [0, 0.1) is 0 Å². The lowest BCUT2D eigenvalue weighted by molar-refractivity contribution is -0.137. The van der Waals surface area contributed by atoms with Gasteiger partial charge in [0.25, 0.3) is 0 Å². The quantitative estimate of drug-likeness (QED) is 0.589. The average Bonchev–Trinajstić information content (AvgIpc) is 3.16. The van der Waals surface area contributed by atoms with Gasteiger partial charge in [-0.2, -0.15) is 0 Å². The van der Waals surface area contributed by atoms with Gasteiger partial charge in [-0.3, -0.25) is 9.59 Å². The number of anilines is 1. The highest BCUT2D eigenvalue weighted by Crippen LogP contribution is 2.28. The molecule has 1 atom stereocenters. The Morgan fingerprint density at radius 1 is 1.11 bits per heavy atom. The smallest absolute Gasteiger partial charge is 0.303 e. The summed E-state index contributed by atoms with van der Waals surface area (Å²) in [6, 6.07) is 16.8. The summed E-state index contributed by atoms with van der Waals surface area (Å²) in [7, 11) is 1.56. The Kier molecular flexibility index (Phi) is 6.39. The van der Waals surface area contributed by atoms with Gasteiger partial charge in [-0.1, -0.05) is 42.5 Å². The SMILES string of the molecule is COc1ccc([C@@H](CC(=O)O)CC(=O)Nc2nc(-c3ccccc3)cs2)cc1. The highest BCUT2D eigenvalue weighted by Gasteiger charge is 2.20. The number of carboxylic acid groups (broad SMARTS) is 1. The second-order valence-electron chi connectivity index (χ2n) is 6.22. The maximum absolute atomic E-state index is 12.5. The number of nitrogens with zero attached hydrogens (tertiary/aromatic N) is 1. The molecule has 7 heteroatoms. The lowest BCUT2D eigenvalue weighted by atomic mass is 9.92. The summed E-state index contributed by atoms with van der Waals surface area (Å²) in [4.78, 5) is 28.2. The van der Waals surface area contributed by atoms with Crippen molar-refractivity contribution < 1.29 is 19.4 Å². The fourth-order valence-electron chi connectivity index (χ4n) is 2.86. The number of carbonyl (C=O) groups is 2. The number of amides is 1. The van der Waals surface area contributed by atoms with Crippen LogP contribution >= 0.6 is 11.3 Å². The largest absolute Gasteiger partial charge is 0.497 e. The Balaban J connectivity index is 1.68. The fourth-order valence-corrected chi connectivity index (χ4v) is 3.60. The molecular weight excluding hydrogens is 376 g/mol. The van der Waals surface area contributed by atoms with Crippen molar-refractivity contribution in [2.45, 2.75) is 18.8 Å². The van der Waals surface area contributed by atoms with Crippen LogP contribution in [0.2, 0.25) is 0 Å². The maximum atomic E-state index is 12.5. The topological polar surface area (TPSA) is 88.5 Å². The van der Waals surface area contributed by atoms with E-state index in [2.05, 4.69) is 10.3 Å². The van der Waals surface area contributed by atoms with Crippen LogP contribution in [0.15, 0.2) is 60.0 Å². The molecule has 3 aromatic rings. The van der Waals surface area contributed by atoms with Gasteiger partial charge in [0, 0.05) is 23.3 Å². The van der Waals surface area contributed by atoms with Crippen molar-refractivity contribution >= 4 is 28.3 Å². The molecule has 0 aliphatic heterocycles. The predicted octanol–water partition coefficient (Wildman–Crippen LogP) is 4.41. The molecule has 6 nitrogen and oxygen atoms in total. The minimum Gasteiger partial charge on any atom is -0.497 e. The zero-order valence-electron chi connectivity index (χ0n) is 15.3. The number of nitrogens with one attached hydrogen (secondary N) is 1. The van der Waals surface area contributed by atoms with Gasteiger partial charge in [-0.05, 0) is 17.7 Å². The Morgan fingerprint density at radius 2 is 1.82 bits per heavy atom. The van der Waals surface area contributed by atoms with Gasteiger partial charge in [0.05, 0.1) is 19.2 Å². The van der Waals surface area contributed by atoms with Crippen LogP contribution in [0.25, 0.3) is 11.3 Å². The normalized spacial score (nSPS) is 11.6. The monoisotopic (exact) mass is 396 g/mol. The number of carboxylic acids is 1. The standard InChI is InChI=1S/C21H20N2O4S/c1-27-17-9-7-14(8-10-17)16(12-20(25)26)11-19(24)23-21-22-18(13-28-21)15-5-3-2-4-6-15/h2-10,13,16H,11-12H2,1H3,(H,25,26)(H,22,23,24)/t16-/m1/s1. The molecule has 28 heavy (non-hydrogen) atoms. The Hall–Kier alpha value is -3.19. The third-order valence-electron chi connectivity index (χ3n) is 4.26. The molecule has 1 heterocycles. The van der Waals surface area contributed by atoms with Gasteiger partial charge in [0.2, 0.25) is 5.91 Å². The molecule has 2 N–H and O–H groups in total. The van der Waals surface area contributed by atoms with E-state index in [0.717, 1.165) is 16.8 Å². The highest BCUT2D eigenvalue weighted by atomic mass is 32.1. The molecule has 0 aliphatic rings. The lowest BCUT2D eigenvalue weighted by Gasteiger charge is -2.15. The second kappa shape index (κ2) is 9.14. The van der Waals surface area contributed by atoms with Crippen molar-refractivity contribution in [3.05, 3.63) is 65.5 Å². The van der Waals surface area contributed by atoms with Crippen molar-refractivity contribution in [1.29, 1.82) is 0 Å². The summed E-state index contributed by atoms with van der Waals surface area (Å²) < 4.78 is 5.13. The molecule has 0 aliphatic carbocycles. The molecule has 0 saturated carbocycles. The number of hydrogen-bond acceptors (Lipinski definition) is 5. The first-order valence-electron chi connectivity index (χ1n) is 8.71. The summed E-state index contributed by atoms with van der Waals surface area (Å²) in [5.41, 5.74) is 2.54. The van der Waals surface area contributed by atoms with Crippen LogP contribution in [-0.4, -0.2) is 29.1 Å². The summed E-state index contributed by atoms with van der Waals surface area (Å²) in [6.45, 7) is 0. The average molecular weight is 396 g/mol. The molecule has 0 spiro atoms. The molecule has 2 aromatic carbocycles. The van der Waals surface area contributed by atoms with Crippen molar-refractivity contribution in [3.8, 4) is 17.0 Å². The molecule has 144 valence electrons. The van der Waals surface area contributed by atoms with E-state index in [0.29, 0.717) is 10.9 Å². The van der Waals surface area contributed by atoms with Gasteiger partial charge in [-0.15, -0.1) is 11.3 Å². The second-order valence-corrected chi connectivity index (χ2v) is 7.08. The first kappa shape index (κ1) is 19.6. The van der Waals surface area contributed by atoms with Gasteiger partial charge in [0.1, 0.15) is 5.75 Å². The molecule has 0 fully saturated rings. The Labute approximate surface area is 166 Å². The van der Waals surface area contributed by atoms with Gasteiger partial charge in [0.15, 0.2) is 5.13 Å². The highest BCUT2D eigenvalue weighted by molar-refractivity contribution is 7.14. The van der Waals surface area contributed by atoms with E-state index in [9.17, 15) is 14.7 Å². The summed E-state index contributed by atoms with van der Waals surface area (Å²) >= 11 is 1.34. The van der Waals surface area contributed by atoms with Crippen LogP contribution < -0.4 is 10.1 Å². The molecule has 1 amide bonds. The zero-order chi connectivity index (χ0) is 19.9. The van der Waals surface area contributed by atoms with Crippen LogP contribution in [0.1, 0.15) is 24.3 Å². The molecule has 0 unspecified atom stereocenters. The zero-order valence-corrected chi connectivity index (χ0v) is 16.1. The fraction of sp³-hybridized carbons (Fsp3) is 0.190. The third-order valence-corrected chi connectivity index (χ3v) is 5.02. The number of methoxy groups -OCH3 is 1. The number of hydrogen-bond donors (Lipinski definition) is 2. The number of aliphatic carboxylic acids is 1. The van der Waals surface area contributed by atoms with E-state index in [-0.39, 0.29) is 18.7 Å². The number of benzene rings is 2. The minimum atomic E-state index is -0.950. The van der Waals surface area contributed by atoms with E-state index in [4.69, 9.17) is 4.74 Å². The number of carbonyl (C=O) groups excluding carboxylic acids is 1. The summed E-state index contributed by atoms with van der Waals surface area (Å²) in [5.74, 6) is -0.972. The third kappa shape index (κ3) is 5.17. The Morgan fingerprint density at radius 3 is 2.46 bits per heavy atom. The molecule has 3 rings (SSSR count). The molecular formula is C21H20N2O4S. The van der Waals surface area contributed by atoms with Crippen LogP contribution in [-0.2, 0) is 9.59 Å². The molecule has 0 saturated heterocycles. The minimum absolute atomic E-state index is 0.0544. The van der Waals surface area contributed by atoms with Gasteiger partial charge in [-0.25, -0.2) is 4.98 Å². The maximum Gasteiger partial charge on any atom is 0.303 e. The van der Waals surface area contributed by atoms with E-state index < -0.39 is 11.9 Å². The molecule has 0 radical (unpaired) electrons.